The molecule has 2 aromatic rings. The number of imide groups is 1. The average Bonchev–Trinajstić information content (AvgIpc) is 3.45. The molecular formula is C22H22N4O5S. The molecule has 2 aliphatic rings. The van der Waals surface area contributed by atoms with Crippen molar-refractivity contribution in [2.75, 3.05) is 19.6 Å². The fourth-order valence-electron chi connectivity index (χ4n) is 4.06. The Morgan fingerprint density at radius 3 is 2.59 bits per heavy atom. The zero-order valence-corrected chi connectivity index (χ0v) is 18.6. The van der Waals surface area contributed by atoms with E-state index in [4.69, 9.17) is 0 Å². The summed E-state index contributed by atoms with van der Waals surface area (Å²) < 4.78 is 1.86. The highest BCUT2D eigenvalue weighted by atomic mass is 32.2. The van der Waals surface area contributed by atoms with Crippen LogP contribution in [0.3, 0.4) is 0 Å². The molecule has 0 bridgehead atoms. The lowest BCUT2D eigenvalue weighted by atomic mass is 10.2. The Balaban J connectivity index is 1.59. The Bertz CT molecular complexity index is 1160. The highest BCUT2D eigenvalue weighted by Crippen LogP contribution is 2.34. The van der Waals surface area contributed by atoms with Gasteiger partial charge in [0.15, 0.2) is 0 Å². The van der Waals surface area contributed by atoms with Crippen molar-refractivity contribution in [2.45, 2.75) is 26.7 Å². The summed E-state index contributed by atoms with van der Waals surface area (Å²) in [6.45, 7) is 4.79. The molecule has 0 spiro atoms. The second-order valence-corrected chi connectivity index (χ2v) is 8.79. The minimum atomic E-state index is -0.479. The van der Waals surface area contributed by atoms with Crippen LogP contribution in [0.4, 0.5) is 10.5 Å². The van der Waals surface area contributed by atoms with Gasteiger partial charge < -0.3 is 9.47 Å². The van der Waals surface area contributed by atoms with Gasteiger partial charge in [-0.2, -0.15) is 0 Å². The van der Waals surface area contributed by atoms with E-state index in [1.165, 1.54) is 12.1 Å². The number of non-ortho nitro benzene ring substituents is 1. The molecule has 2 saturated heterocycles. The van der Waals surface area contributed by atoms with Crippen molar-refractivity contribution in [1.82, 2.24) is 14.4 Å². The van der Waals surface area contributed by atoms with Crippen LogP contribution in [-0.2, 0) is 9.59 Å². The number of rotatable bonds is 5. The molecular weight excluding hydrogens is 432 g/mol. The van der Waals surface area contributed by atoms with E-state index in [1.807, 2.05) is 24.5 Å². The van der Waals surface area contributed by atoms with E-state index in [1.54, 1.807) is 23.1 Å². The first-order valence-electron chi connectivity index (χ1n) is 10.2. The summed E-state index contributed by atoms with van der Waals surface area (Å²) in [5.74, 6) is -0.692. The summed E-state index contributed by atoms with van der Waals surface area (Å²) in [5, 5.41) is 10.7. The molecule has 4 rings (SSSR count). The summed E-state index contributed by atoms with van der Waals surface area (Å²) in [4.78, 5) is 51.2. The Hall–Kier alpha value is -3.40. The van der Waals surface area contributed by atoms with Crippen LogP contribution >= 0.6 is 11.8 Å². The number of nitro benzene ring substituents is 1. The van der Waals surface area contributed by atoms with Gasteiger partial charge in [-0.3, -0.25) is 29.4 Å². The first-order chi connectivity index (χ1) is 15.3. The minimum Gasteiger partial charge on any atom is -0.341 e. The van der Waals surface area contributed by atoms with E-state index in [-0.39, 0.29) is 23.0 Å². The quantitative estimate of drug-likeness (QED) is 0.388. The minimum absolute atomic E-state index is 0.0136. The Labute approximate surface area is 188 Å². The SMILES string of the molecule is Cc1cc(/C=C2/SC(=O)N(CC(=O)N3CCCC3)C2=O)c(C)n1-c1cccc([N+](=O)[O-])c1. The van der Waals surface area contributed by atoms with Crippen molar-refractivity contribution in [3.05, 3.63) is 62.3 Å². The fourth-order valence-corrected chi connectivity index (χ4v) is 4.89. The van der Waals surface area contributed by atoms with Crippen LogP contribution in [0, 0.1) is 24.0 Å². The molecule has 32 heavy (non-hydrogen) atoms. The molecule has 0 unspecified atom stereocenters. The monoisotopic (exact) mass is 454 g/mol. The van der Waals surface area contributed by atoms with Crippen LogP contribution < -0.4 is 0 Å². The van der Waals surface area contributed by atoms with Crippen LogP contribution in [0.1, 0.15) is 29.8 Å². The third kappa shape index (κ3) is 4.05. The molecule has 10 heteroatoms. The second-order valence-electron chi connectivity index (χ2n) is 7.79. The van der Waals surface area contributed by atoms with Crippen molar-refractivity contribution in [2.24, 2.45) is 0 Å². The molecule has 3 heterocycles. The molecule has 0 radical (unpaired) electrons. The third-order valence-corrected chi connectivity index (χ3v) is 6.59. The number of likely N-dealkylation sites (tertiary alicyclic amines) is 1. The van der Waals surface area contributed by atoms with Crippen molar-refractivity contribution in [1.29, 1.82) is 0 Å². The molecule has 9 nitrogen and oxygen atoms in total. The van der Waals surface area contributed by atoms with E-state index in [0.29, 0.717) is 18.8 Å². The lowest BCUT2D eigenvalue weighted by Gasteiger charge is -2.18. The molecule has 0 saturated carbocycles. The fraction of sp³-hybridized carbons (Fsp3) is 0.318. The van der Waals surface area contributed by atoms with E-state index in [0.717, 1.165) is 46.5 Å². The Kier molecular flexibility index (Phi) is 5.88. The molecule has 3 amide bonds. The van der Waals surface area contributed by atoms with E-state index in [2.05, 4.69) is 0 Å². The summed E-state index contributed by atoms with van der Waals surface area (Å²) >= 11 is 0.816. The van der Waals surface area contributed by atoms with Crippen LogP contribution in [0.15, 0.2) is 35.2 Å². The van der Waals surface area contributed by atoms with Gasteiger partial charge >= 0.3 is 0 Å². The van der Waals surface area contributed by atoms with Gasteiger partial charge in [-0.25, -0.2) is 0 Å². The van der Waals surface area contributed by atoms with Crippen LogP contribution in [-0.4, -0.2) is 56.0 Å². The van der Waals surface area contributed by atoms with E-state index >= 15 is 0 Å². The number of aryl methyl sites for hydroxylation is 1. The van der Waals surface area contributed by atoms with Gasteiger partial charge in [0.25, 0.3) is 16.8 Å². The van der Waals surface area contributed by atoms with Gasteiger partial charge in [-0.15, -0.1) is 0 Å². The van der Waals surface area contributed by atoms with Crippen LogP contribution in [0.25, 0.3) is 11.8 Å². The number of carbonyl (C=O) groups is 3. The highest BCUT2D eigenvalue weighted by Gasteiger charge is 2.37. The average molecular weight is 455 g/mol. The number of aromatic nitrogens is 1. The molecule has 0 aliphatic carbocycles. The number of nitro groups is 1. The van der Waals surface area contributed by atoms with Gasteiger partial charge in [-0.1, -0.05) is 6.07 Å². The van der Waals surface area contributed by atoms with Crippen molar-refractivity contribution >= 4 is 40.6 Å². The topological polar surface area (TPSA) is 106 Å². The summed E-state index contributed by atoms with van der Waals surface area (Å²) in [5.41, 5.74) is 2.96. The highest BCUT2D eigenvalue weighted by molar-refractivity contribution is 8.18. The van der Waals surface area contributed by atoms with Crippen LogP contribution in [0.2, 0.25) is 0 Å². The van der Waals surface area contributed by atoms with E-state index < -0.39 is 16.1 Å². The largest absolute Gasteiger partial charge is 0.341 e. The lowest BCUT2D eigenvalue weighted by molar-refractivity contribution is -0.384. The predicted molar refractivity (Wildman–Crippen MR) is 120 cm³/mol. The molecule has 166 valence electrons. The number of nitrogens with zero attached hydrogens (tertiary/aromatic N) is 4. The maximum atomic E-state index is 12.8. The Morgan fingerprint density at radius 1 is 1.19 bits per heavy atom. The number of carbonyl (C=O) groups excluding carboxylic acids is 3. The summed E-state index contributed by atoms with van der Waals surface area (Å²) in [6, 6.07) is 8.17. The third-order valence-electron chi connectivity index (χ3n) is 5.68. The van der Waals surface area contributed by atoms with Gasteiger partial charge in [0.05, 0.1) is 15.5 Å². The smallest absolute Gasteiger partial charge is 0.294 e. The van der Waals surface area contributed by atoms with Crippen LogP contribution in [0.5, 0.6) is 0 Å². The maximum Gasteiger partial charge on any atom is 0.294 e. The number of amides is 3. The normalized spacial score (nSPS) is 17.6. The number of hydrogen-bond acceptors (Lipinski definition) is 6. The molecule has 2 aliphatic heterocycles. The number of benzene rings is 1. The zero-order chi connectivity index (χ0) is 23.0. The van der Waals surface area contributed by atoms with Gasteiger partial charge in [0.2, 0.25) is 5.91 Å². The number of hydrogen-bond donors (Lipinski definition) is 0. The second kappa shape index (κ2) is 8.62. The van der Waals surface area contributed by atoms with Crippen molar-refractivity contribution < 1.29 is 19.3 Å². The van der Waals surface area contributed by atoms with E-state index in [9.17, 15) is 24.5 Å². The molecule has 1 aromatic carbocycles. The first kappa shape index (κ1) is 21.8. The molecule has 0 atom stereocenters. The van der Waals surface area contributed by atoms with Crippen molar-refractivity contribution in [3.8, 4) is 5.69 Å². The number of thioether (sulfide) groups is 1. The standard InChI is InChI=1S/C22H22N4O5S/c1-14-10-16(15(2)25(14)17-6-5-7-18(12-17)26(30)31)11-19-21(28)24(22(29)32-19)13-20(27)23-8-3-4-9-23/h5-7,10-12H,3-4,8-9,13H2,1-2H3/b19-11+. The summed E-state index contributed by atoms with van der Waals surface area (Å²) in [7, 11) is 0. The lowest BCUT2D eigenvalue weighted by Crippen LogP contribution is -2.40. The van der Waals surface area contributed by atoms with Gasteiger partial charge in [-0.05, 0) is 62.2 Å². The zero-order valence-electron chi connectivity index (χ0n) is 17.7. The summed E-state index contributed by atoms with van der Waals surface area (Å²) in [6.07, 6.45) is 3.52. The maximum absolute atomic E-state index is 12.8. The van der Waals surface area contributed by atoms with Crippen molar-refractivity contribution in [3.63, 3.8) is 0 Å². The van der Waals surface area contributed by atoms with Gasteiger partial charge in [0, 0.05) is 36.6 Å². The Morgan fingerprint density at radius 2 is 1.91 bits per heavy atom. The predicted octanol–water partition coefficient (Wildman–Crippen LogP) is 3.66. The molecule has 0 N–H and O–H groups in total. The molecule has 2 fully saturated rings. The molecule has 1 aromatic heterocycles. The van der Waals surface area contributed by atoms with Gasteiger partial charge in [0.1, 0.15) is 6.54 Å². The first-order valence-corrected chi connectivity index (χ1v) is 11.0.